The lowest BCUT2D eigenvalue weighted by Crippen LogP contribution is -2.26. The predicted octanol–water partition coefficient (Wildman–Crippen LogP) is 3.98. The van der Waals surface area contributed by atoms with Crippen LogP contribution in [0.4, 0.5) is 0 Å². The molecule has 0 aliphatic carbocycles. The molecule has 2 aromatic carbocycles. The van der Waals surface area contributed by atoms with Crippen molar-refractivity contribution in [3.05, 3.63) is 65.7 Å². The van der Waals surface area contributed by atoms with Gasteiger partial charge in [0.1, 0.15) is 5.75 Å². The van der Waals surface area contributed by atoms with Gasteiger partial charge in [0.05, 0.1) is 6.61 Å². The molecule has 140 valence electrons. The minimum absolute atomic E-state index is 0.00118. The van der Waals surface area contributed by atoms with Crippen molar-refractivity contribution < 1.29 is 4.74 Å². The van der Waals surface area contributed by atoms with Crippen LogP contribution < -0.4 is 15.4 Å². The summed E-state index contributed by atoms with van der Waals surface area (Å²) in [4.78, 5) is 0. The fraction of sp³-hybridized carbons (Fsp3) is 0.478. The summed E-state index contributed by atoms with van der Waals surface area (Å²) in [6.07, 6.45) is 2.34. The molecule has 1 unspecified atom stereocenters. The number of ether oxygens (including phenoxy) is 1. The fourth-order valence-electron chi connectivity index (χ4n) is 3.57. The van der Waals surface area contributed by atoms with Crippen LogP contribution in [0.1, 0.15) is 37.8 Å². The monoisotopic (exact) mass is 352 g/mol. The smallest absolute Gasteiger partial charge is 0.119 e. The summed E-state index contributed by atoms with van der Waals surface area (Å²) in [5, 5.41) is 6.95. The van der Waals surface area contributed by atoms with Crippen molar-refractivity contribution in [2.45, 2.75) is 32.1 Å². The summed E-state index contributed by atoms with van der Waals surface area (Å²) in [6.45, 7) is 9.78. The van der Waals surface area contributed by atoms with Crippen LogP contribution in [-0.2, 0) is 5.41 Å². The predicted molar refractivity (Wildman–Crippen MR) is 109 cm³/mol. The van der Waals surface area contributed by atoms with Crippen LogP contribution in [0.25, 0.3) is 0 Å². The molecule has 0 amide bonds. The van der Waals surface area contributed by atoms with E-state index in [1.165, 1.54) is 24.1 Å². The van der Waals surface area contributed by atoms with Gasteiger partial charge in [-0.2, -0.15) is 0 Å². The Kier molecular flexibility index (Phi) is 6.70. The highest BCUT2D eigenvalue weighted by Crippen LogP contribution is 2.32. The second-order valence-electron chi connectivity index (χ2n) is 7.78. The van der Waals surface area contributed by atoms with Crippen LogP contribution in [0.15, 0.2) is 54.6 Å². The van der Waals surface area contributed by atoms with Crippen LogP contribution in [0.2, 0.25) is 0 Å². The summed E-state index contributed by atoms with van der Waals surface area (Å²) < 4.78 is 5.90. The normalized spacial score (nSPS) is 17.4. The minimum atomic E-state index is -0.00118. The summed E-state index contributed by atoms with van der Waals surface area (Å²) in [7, 11) is 0. The summed E-state index contributed by atoms with van der Waals surface area (Å²) in [5.74, 6) is 1.76. The van der Waals surface area contributed by atoms with E-state index in [0.29, 0.717) is 0 Å². The molecule has 1 fully saturated rings. The molecule has 0 saturated carbocycles. The number of hydrogen-bond acceptors (Lipinski definition) is 3. The third kappa shape index (κ3) is 5.09. The molecular formula is C23H32N2O. The molecule has 1 atom stereocenters. The molecule has 0 aromatic heterocycles. The van der Waals surface area contributed by atoms with Gasteiger partial charge in [-0.3, -0.25) is 0 Å². The lowest BCUT2D eigenvalue weighted by molar-refractivity contribution is 0.306. The quantitative estimate of drug-likeness (QED) is 0.670. The molecule has 1 heterocycles. The van der Waals surface area contributed by atoms with Gasteiger partial charge >= 0.3 is 0 Å². The van der Waals surface area contributed by atoms with E-state index in [1.807, 2.05) is 0 Å². The van der Waals surface area contributed by atoms with Gasteiger partial charge in [0.25, 0.3) is 0 Å². The van der Waals surface area contributed by atoms with Gasteiger partial charge in [-0.15, -0.1) is 0 Å². The third-order valence-electron chi connectivity index (χ3n) is 5.43. The maximum absolute atomic E-state index is 5.90. The zero-order chi connectivity index (χ0) is 18.2. The van der Waals surface area contributed by atoms with Gasteiger partial charge in [-0.1, -0.05) is 56.3 Å². The Balaban J connectivity index is 1.41. The van der Waals surface area contributed by atoms with E-state index in [2.05, 4.69) is 79.1 Å². The molecule has 0 radical (unpaired) electrons. The fourth-order valence-corrected chi connectivity index (χ4v) is 3.57. The second-order valence-corrected chi connectivity index (χ2v) is 7.78. The van der Waals surface area contributed by atoms with E-state index < -0.39 is 0 Å². The lowest BCUT2D eigenvalue weighted by Gasteiger charge is -2.26. The maximum atomic E-state index is 5.90. The van der Waals surface area contributed by atoms with Gasteiger partial charge in [-0.25, -0.2) is 0 Å². The van der Waals surface area contributed by atoms with Crippen molar-refractivity contribution >= 4 is 0 Å². The van der Waals surface area contributed by atoms with Gasteiger partial charge in [-0.05, 0) is 68.2 Å². The van der Waals surface area contributed by atoms with E-state index in [0.717, 1.165) is 44.3 Å². The van der Waals surface area contributed by atoms with Crippen LogP contribution in [0.5, 0.6) is 5.75 Å². The molecule has 26 heavy (non-hydrogen) atoms. The largest absolute Gasteiger partial charge is 0.494 e. The maximum Gasteiger partial charge on any atom is 0.119 e. The summed E-state index contributed by atoms with van der Waals surface area (Å²) >= 11 is 0. The van der Waals surface area contributed by atoms with Crippen molar-refractivity contribution in [3.63, 3.8) is 0 Å². The SMILES string of the molecule is CC(C)(c1ccccc1)c1ccc(OCCCNCC2CCNC2)cc1. The van der Waals surface area contributed by atoms with Crippen molar-refractivity contribution in [2.24, 2.45) is 5.92 Å². The van der Waals surface area contributed by atoms with E-state index in [1.54, 1.807) is 0 Å². The Morgan fingerprint density at radius 1 is 1.04 bits per heavy atom. The van der Waals surface area contributed by atoms with Crippen molar-refractivity contribution in [2.75, 3.05) is 32.8 Å². The van der Waals surface area contributed by atoms with Crippen molar-refractivity contribution in [1.82, 2.24) is 10.6 Å². The minimum Gasteiger partial charge on any atom is -0.494 e. The average molecular weight is 353 g/mol. The molecule has 2 N–H and O–H groups in total. The summed E-state index contributed by atoms with van der Waals surface area (Å²) in [6, 6.07) is 19.2. The molecular weight excluding hydrogens is 320 g/mol. The zero-order valence-electron chi connectivity index (χ0n) is 16.1. The first-order chi connectivity index (χ1) is 12.7. The molecule has 3 nitrogen and oxygen atoms in total. The molecule has 1 aliphatic heterocycles. The number of hydrogen-bond donors (Lipinski definition) is 2. The molecule has 0 bridgehead atoms. The van der Waals surface area contributed by atoms with Crippen molar-refractivity contribution in [1.29, 1.82) is 0 Å². The van der Waals surface area contributed by atoms with E-state index >= 15 is 0 Å². The van der Waals surface area contributed by atoms with Gasteiger partial charge in [0.15, 0.2) is 0 Å². The first kappa shape index (κ1) is 18.9. The first-order valence-electron chi connectivity index (χ1n) is 9.86. The Hall–Kier alpha value is -1.84. The van der Waals surface area contributed by atoms with Crippen LogP contribution >= 0.6 is 0 Å². The molecule has 2 aromatic rings. The zero-order valence-corrected chi connectivity index (χ0v) is 16.1. The number of benzene rings is 2. The average Bonchev–Trinajstić information content (AvgIpc) is 3.19. The Morgan fingerprint density at radius 2 is 1.77 bits per heavy atom. The van der Waals surface area contributed by atoms with Crippen LogP contribution in [0.3, 0.4) is 0 Å². The number of rotatable bonds is 9. The van der Waals surface area contributed by atoms with Gasteiger partial charge in [0, 0.05) is 5.41 Å². The highest BCUT2D eigenvalue weighted by atomic mass is 16.5. The Morgan fingerprint density at radius 3 is 2.46 bits per heavy atom. The second kappa shape index (κ2) is 9.20. The van der Waals surface area contributed by atoms with E-state index in [4.69, 9.17) is 4.74 Å². The molecule has 1 saturated heterocycles. The highest BCUT2D eigenvalue weighted by molar-refractivity contribution is 5.39. The van der Waals surface area contributed by atoms with Crippen LogP contribution in [-0.4, -0.2) is 32.8 Å². The molecule has 1 aliphatic rings. The Labute approximate surface area is 158 Å². The first-order valence-corrected chi connectivity index (χ1v) is 9.86. The standard InChI is InChI=1S/C23H32N2O/c1-23(2,20-7-4-3-5-8-20)21-9-11-22(12-10-21)26-16-6-14-24-17-19-13-15-25-18-19/h3-5,7-12,19,24-25H,6,13-18H2,1-2H3. The van der Waals surface area contributed by atoms with Crippen LogP contribution in [0, 0.1) is 5.92 Å². The third-order valence-corrected chi connectivity index (χ3v) is 5.43. The molecule has 3 heteroatoms. The van der Waals surface area contributed by atoms with Crippen molar-refractivity contribution in [3.8, 4) is 5.75 Å². The van der Waals surface area contributed by atoms with E-state index in [-0.39, 0.29) is 5.41 Å². The summed E-state index contributed by atoms with van der Waals surface area (Å²) in [5.41, 5.74) is 2.64. The van der Waals surface area contributed by atoms with Gasteiger partial charge in [0.2, 0.25) is 0 Å². The highest BCUT2D eigenvalue weighted by Gasteiger charge is 2.22. The number of nitrogens with one attached hydrogen (secondary N) is 2. The lowest BCUT2D eigenvalue weighted by atomic mass is 9.78. The Bertz CT molecular complexity index is 646. The molecule has 0 spiro atoms. The van der Waals surface area contributed by atoms with Gasteiger partial charge < -0.3 is 15.4 Å². The topological polar surface area (TPSA) is 33.3 Å². The van der Waals surface area contributed by atoms with E-state index in [9.17, 15) is 0 Å². The molecule has 3 rings (SSSR count).